The van der Waals surface area contributed by atoms with E-state index >= 15 is 0 Å². The quantitative estimate of drug-likeness (QED) is 0.689. The first-order chi connectivity index (χ1) is 12.2. The number of hydrogen-bond donors (Lipinski definition) is 2. The first-order valence-electron chi connectivity index (χ1n) is 8.65. The molecule has 8 heteroatoms. The number of thiophene rings is 1. The van der Waals surface area contributed by atoms with E-state index in [1.807, 2.05) is 0 Å². The van der Waals surface area contributed by atoms with E-state index in [0.29, 0.717) is 23.4 Å². The van der Waals surface area contributed by atoms with Crippen molar-refractivity contribution in [1.82, 2.24) is 15.0 Å². The van der Waals surface area contributed by atoms with E-state index in [-0.39, 0.29) is 5.56 Å². The van der Waals surface area contributed by atoms with Crippen LogP contribution in [0.25, 0.3) is 20.4 Å². The average Bonchev–Trinajstić information content (AvgIpc) is 3.01. The van der Waals surface area contributed by atoms with Crippen molar-refractivity contribution in [2.45, 2.75) is 25.7 Å². The van der Waals surface area contributed by atoms with Gasteiger partial charge in [0.25, 0.3) is 5.56 Å². The first kappa shape index (κ1) is 15.1. The van der Waals surface area contributed by atoms with Gasteiger partial charge in [0.1, 0.15) is 15.3 Å². The molecule has 3 aromatic heterocycles. The second-order valence-corrected chi connectivity index (χ2v) is 7.59. The molecule has 7 nitrogen and oxygen atoms in total. The van der Waals surface area contributed by atoms with E-state index in [1.54, 1.807) is 0 Å². The van der Waals surface area contributed by atoms with Crippen LogP contribution < -0.4 is 16.1 Å². The average molecular weight is 358 g/mol. The van der Waals surface area contributed by atoms with Gasteiger partial charge >= 0.3 is 5.69 Å². The van der Waals surface area contributed by atoms with Crippen molar-refractivity contribution in [3.05, 3.63) is 32.0 Å². The molecular formula is C17H18N4O3S. The second kappa shape index (κ2) is 5.67. The third kappa shape index (κ3) is 2.31. The van der Waals surface area contributed by atoms with Gasteiger partial charge in [-0.2, -0.15) is 0 Å². The fraction of sp³-hybridized carbons (Fsp3) is 0.471. The Balaban J connectivity index is 1.86. The fourth-order valence-electron chi connectivity index (χ4n) is 3.99. The van der Waals surface area contributed by atoms with Gasteiger partial charge in [0.2, 0.25) is 0 Å². The number of aromatic amines is 2. The first-order valence-corrected chi connectivity index (χ1v) is 9.47. The number of nitrogens with one attached hydrogen (secondary N) is 2. The van der Waals surface area contributed by atoms with Gasteiger partial charge < -0.3 is 14.6 Å². The highest BCUT2D eigenvalue weighted by molar-refractivity contribution is 7.25. The third-order valence-corrected chi connectivity index (χ3v) is 6.20. The smallest absolute Gasteiger partial charge is 0.326 e. The molecular weight excluding hydrogens is 340 g/mol. The maximum atomic E-state index is 12.2. The lowest BCUT2D eigenvalue weighted by molar-refractivity contribution is 0.122. The summed E-state index contributed by atoms with van der Waals surface area (Å²) in [6.07, 6.45) is 4.23. The van der Waals surface area contributed by atoms with Crippen LogP contribution in [0.2, 0.25) is 0 Å². The molecule has 0 amide bonds. The molecule has 4 heterocycles. The van der Waals surface area contributed by atoms with Gasteiger partial charge in [-0.05, 0) is 36.8 Å². The molecule has 0 spiro atoms. The molecule has 5 rings (SSSR count). The van der Waals surface area contributed by atoms with Crippen LogP contribution >= 0.6 is 11.3 Å². The number of aromatic nitrogens is 3. The molecule has 3 aromatic rings. The molecule has 1 saturated heterocycles. The molecule has 0 saturated carbocycles. The molecule has 2 aliphatic rings. The van der Waals surface area contributed by atoms with Gasteiger partial charge in [0.15, 0.2) is 0 Å². The molecule has 0 aromatic carbocycles. The lowest BCUT2D eigenvalue weighted by Gasteiger charge is -2.31. The minimum atomic E-state index is -0.459. The number of pyridine rings is 1. The molecule has 0 atom stereocenters. The van der Waals surface area contributed by atoms with Crippen molar-refractivity contribution in [2.24, 2.45) is 0 Å². The number of ether oxygens (including phenoxy) is 1. The van der Waals surface area contributed by atoms with Gasteiger partial charge in [0, 0.05) is 18.5 Å². The van der Waals surface area contributed by atoms with Crippen molar-refractivity contribution in [2.75, 3.05) is 31.2 Å². The van der Waals surface area contributed by atoms with Gasteiger partial charge in [-0.15, -0.1) is 11.3 Å². The number of hydrogen-bond acceptors (Lipinski definition) is 6. The van der Waals surface area contributed by atoms with Crippen LogP contribution in [-0.4, -0.2) is 41.3 Å². The van der Waals surface area contributed by atoms with Crippen LogP contribution in [0.1, 0.15) is 24.0 Å². The topological polar surface area (TPSA) is 91.1 Å². The highest BCUT2D eigenvalue weighted by Gasteiger charge is 2.26. The van der Waals surface area contributed by atoms with Crippen LogP contribution in [0, 0.1) is 0 Å². The molecule has 0 radical (unpaired) electrons. The summed E-state index contributed by atoms with van der Waals surface area (Å²) in [4.78, 5) is 37.2. The molecule has 2 N–H and O–H groups in total. The van der Waals surface area contributed by atoms with E-state index in [2.05, 4.69) is 14.9 Å². The molecule has 0 bridgehead atoms. The van der Waals surface area contributed by atoms with E-state index in [0.717, 1.165) is 54.8 Å². The summed E-state index contributed by atoms with van der Waals surface area (Å²) in [5.74, 6) is 1.04. The Labute approximate surface area is 146 Å². The predicted octanol–water partition coefficient (Wildman–Crippen LogP) is 1.54. The lowest BCUT2D eigenvalue weighted by atomic mass is 9.90. The third-order valence-electron chi connectivity index (χ3n) is 5.12. The van der Waals surface area contributed by atoms with Crippen molar-refractivity contribution in [3.8, 4) is 0 Å². The summed E-state index contributed by atoms with van der Waals surface area (Å²) < 4.78 is 6.03. The zero-order valence-corrected chi connectivity index (χ0v) is 14.5. The summed E-state index contributed by atoms with van der Waals surface area (Å²) in [7, 11) is 0. The largest absolute Gasteiger partial charge is 0.378 e. The summed E-state index contributed by atoms with van der Waals surface area (Å²) in [6.45, 7) is 3.11. The normalized spacial score (nSPS) is 18.0. The molecule has 1 fully saturated rings. The summed E-state index contributed by atoms with van der Waals surface area (Å²) in [5.41, 5.74) is 2.39. The van der Waals surface area contributed by atoms with Crippen molar-refractivity contribution in [1.29, 1.82) is 0 Å². The Kier molecular flexibility index (Phi) is 3.42. The fourth-order valence-corrected chi connectivity index (χ4v) is 5.04. The summed E-state index contributed by atoms with van der Waals surface area (Å²) in [5, 5.41) is 0.968. The zero-order valence-electron chi connectivity index (χ0n) is 13.7. The molecule has 1 aliphatic heterocycles. The van der Waals surface area contributed by atoms with Gasteiger partial charge in [-0.1, -0.05) is 0 Å². The van der Waals surface area contributed by atoms with Gasteiger partial charge in [-0.3, -0.25) is 9.78 Å². The van der Waals surface area contributed by atoms with Crippen LogP contribution in [0.4, 0.5) is 5.82 Å². The highest BCUT2D eigenvalue weighted by Crippen LogP contribution is 2.40. The van der Waals surface area contributed by atoms with E-state index in [1.165, 1.54) is 22.5 Å². The van der Waals surface area contributed by atoms with Crippen LogP contribution in [0.15, 0.2) is 9.59 Å². The minimum absolute atomic E-state index is 0.334. The Morgan fingerprint density at radius 1 is 1.04 bits per heavy atom. The van der Waals surface area contributed by atoms with Crippen molar-refractivity contribution in [3.63, 3.8) is 0 Å². The minimum Gasteiger partial charge on any atom is -0.378 e. The summed E-state index contributed by atoms with van der Waals surface area (Å²) in [6, 6.07) is 0. The lowest BCUT2D eigenvalue weighted by Crippen LogP contribution is -2.37. The Morgan fingerprint density at radius 2 is 1.80 bits per heavy atom. The van der Waals surface area contributed by atoms with E-state index in [4.69, 9.17) is 9.72 Å². The van der Waals surface area contributed by atoms with Gasteiger partial charge in [0.05, 0.1) is 18.7 Å². The number of aryl methyl sites for hydroxylation is 1. The Bertz CT molecular complexity index is 1090. The summed E-state index contributed by atoms with van der Waals surface area (Å²) >= 11 is 1.37. The van der Waals surface area contributed by atoms with Crippen LogP contribution in [0.3, 0.4) is 0 Å². The molecule has 1 aliphatic carbocycles. The second-order valence-electron chi connectivity index (χ2n) is 6.59. The maximum absolute atomic E-state index is 12.2. The maximum Gasteiger partial charge on any atom is 0.326 e. The van der Waals surface area contributed by atoms with Crippen molar-refractivity contribution < 1.29 is 4.74 Å². The van der Waals surface area contributed by atoms with Crippen molar-refractivity contribution >= 4 is 37.6 Å². The Morgan fingerprint density at radius 3 is 2.60 bits per heavy atom. The van der Waals surface area contributed by atoms with Crippen LogP contribution in [0.5, 0.6) is 0 Å². The molecule has 0 unspecified atom stereocenters. The zero-order chi connectivity index (χ0) is 17.0. The number of rotatable bonds is 1. The van der Waals surface area contributed by atoms with Crippen LogP contribution in [-0.2, 0) is 17.6 Å². The van der Waals surface area contributed by atoms with E-state index < -0.39 is 5.69 Å². The van der Waals surface area contributed by atoms with Gasteiger partial charge in [-0.25, -0.2) is 9.78 Å². The highest BCUT2D eigenvalue weighted by atomic mass is 32.1. The number of morpholine rings is 1. The van der Waals surface area contributed by atoms with E-state index in [9.17, 15) is 9.59 Å². The number of nitrogens with zero attached hydrogens (tertiary/aromatic N) is 2. The monoisotopic (exact) mass is 358 g/mol. The molecule has 25 heavy (non-hydrogen) atoms. The SMILES string of the molecule is O=c1[nH]c(=O)c2sc3nc(N4CCOCC4)c4c(c3c2[nH]1)CCCC4. The number of anilines is 1. The predicted molar refractivity (Wildman–Crippen MR) is 98.0 cm³/mol. The number of H-pyrrole nitrogens is 2. The number of fused-ring (bicyclic) bond motifs is 5. The standard InChI is InChI=1S/C17H18N4O3S/c22-15-13-12(18-17(23)20-15)11-9-3-1-2-4-10(9)14(19-16(11)25-13)21-5-7-24-8-6-21/h1-8H2,(H2,18,20,22,23). The molecule has 130 valence electrons. The Hall–Kier alpha value is -2.19.